The molecular weight excluding hydrogens is 200 g/mol. The number of hydrogen-bond acceptors (Lipinski definition) is 4. The van der Waals surface area contributed by atoms with Crippen LogP contribution in [0.15, 0.2) is 29.9 Å². The SMILES string of the molecule is O=C(O)c1csnc1-c1ccncc1. The van der Waals surface area contributed by atoms with E-state index in [2.05, 4.69) is 9.36 Å². The van der Waals surface area contributed by atoms with Crippen molar-refractivity contribution >= 4 is 17.5 Å². The summed E-state index contributed by atoms with van der Waals surface area (Å²) in [5.74, 6) is -0.953. The van der Waals surface area contributed by atoms with Crippen LogP contribution in [0.3, 0.4) is 0 Å². The molecule has 0 unspecified atom stereocenters. The van der Waals surface area contributed by atoms with E-state index in [-0.39, 0.29) is 5.56 Å². The van der Waals surface area contributed by atoms with Crippen LogP contribution in [0.4, 0.5) is 0 Å². The maximum atomic E-state index is 10.8. The highest BCUT2D eigenvalue weighted by atomic mass is 32.1. The molecule has 0 fully saturated rings. The van der Waals surface area contributed by atoms with Crippen LogP contribution in [-0.2, 0) is 0 Å². The number of carbonyl (C=O) groups is 1. The lowest BCUT2D eigenvalue weighted by Gasteiger charge is -1.96. The fourth-order valence-electron chi connectivity index (χ4n) is 1.11. The Hall–Kier alpha value is -1.75. The number of nitrogens with zero attached hydrogens (tertiary/aromatic N) is 2. The van der Waals surface area contributed by atoms with E-state index in [1.54, 1.807) is 24.5 Å². The third-order valence-corrected chi connectivity index (χ3v) is 2.38. The van der Waals surface area contributed by atoms with Crippen molar-refractivity contribution in [2.24, 2.45) is 0 Å². The zero-order valence-electron chi connectivity index (χ0n) is 7.04. The first kappa shape index (κ1) is 8.83. The third-order valence-electron chi connectivity index (χ3n) is 1.75. The van der Waals surface area contributed by atoms with E-state index in [9.17, 15) is 4.79 Å². The summed E-state index contributed by atoms with van der Waals surface area (Å²) in [5.41, 5.74) is 1.52. The second-order valence-electron chi connectivity index (χ2n) is 2.62. The first-order valence-corrected chi connectivity index (χ1v) is 4.71. The molecule has 2 heterocycles. The van der Waals surface area contributed by atoms with Crippen molar-refractivity contribution in [1.29, 1.82) is 0 Å². The molecule has 0 radical (unpaired) electrons. The minimum absolute atomic E-state index is 0.237. The van der Waals surface area contributed by atoms with Crippen LogP contribution < -0.4 is 0 Å². The molecule has 70 valence electrons. The Morgan fingerprint density at radius 2 is 2.07 bits per heavy atom. The van der Waals surface area contributed by atoms with Gasteiger partial charge in [-0.05, 0) is 23.7 Å². The summed E-state index contributed by atoms with van der Waals surface area (Å²) in [6, 6.07) is 3.48. The van der Waals surface area contributed by atoms with Crippen LogP contribution in [0, 0.1) is 0 Å². The summed E-state index contributed by atoms with van der Waals surface area (Å²) in [6.07, 6.45) is 3.22. The molecule has 4 nitrogen and oxygen atoms in total. The molecule has 0 aliphatic heterocycles. The van der Waals surface area contributed by atoms with Crippen molar-refractivity contribution in [3.63, 3.8) is 0 Å². The van der Waals surface area contributed by atoms with Gasteiger partial charge in [-0.2, -0.15) is 4.37 Å². The van der Waals surface area contributed by atoms with Gasteiger partial charge in [-0.25, -0.2) is 4.79 Å². The van der Waals surface area contributed by atoms with E-state index in [4.69, 9.17) is 5.11 Å². The zero-order chi connectivity index (χ0) is 9.97. The monoisotopic (exact) mass is 206 g/mol. The number of hydrogen-bond donors (Lipinski definition) is 1. The minimum atomic E-state index is -0.953. The van der Waals surface area contributed by atoms with Crippen molar-refractivity contribution in [3.05, 3.63) is 35.5 Å². The van der Waals surface area contributed by atoms with Gasteiger partial charge in [-0.3, -0.25) is 4.98 Å². The van der Waals surface area contributed by atoms with Crippen LogP contribution in [0.2, 0.25) is 0 Å². The highest BCUT2D eigenvalue weighted by Crippen LogP contribution is 2.22. The van der Waals surface area contributed by atoms with Gasteiger partial charge in [-0.15, -0.1) is 0 Å². The molecule has 0 amide bonds. The number of rotatable bonds is 2. The van der Waals surface area contributed by atoms with Crippen molar-refractivity contribution in [2.75, 3.05) is 0 Å². The summed E-state index contributed by atoms with van der Waals surface area (Å²) in [4.78, 5) is 14.7. The third kappa shape index (κ3) is 1.49. The molecule has 14 heavy (non-hydrogen) atoms. The van der Waals surface area contributed by atoms with Crippen LogP contribution in [0.1, 0.15) is 10.4 Å². The molecule has 0 bridgehead atoms. The van der Waals surface area contributed by atoms with Crippen LogP contribution >= 0.6 is 11.5 Å². The Morgan fingerprint density at radius 3 is 2.71 bits per heavy atom. The van der Waals surface area contributed by atoms with Gasteiger partial charge in [0.2, 0.25) is 0 Å². The molecule has 0 aliphatic carbocycles. The standard InChI is InChI=1S/C9H6N2O2S/c12-9(13)7-5-14-11-8(7)6-1-3-10-4-2-6/h1-5H,(H,12,13). The summed E-state index contributed by atoms with van der Waals surface area (Å²) in [7, 11) is 0. The fourth-order valence-corrected chi connectivity index (χ4v) is 1.79. The number of carboxylic acid groups (broad SMARTS) is 1. The molecule has 0 spiro atoms. The number of pyridine rings is 1. The second kappa shape index (κ2) is 3.55. The van der Waals surface area contributed by atoms with Crippen molar-refractivity contribution in [1.82, 2.24) is 9.36 Å². The van der Waals surface area contributed by atoms with Gasteiger partial charge in [0, 0.05) is 23.3 Å². The lowest BCUT2D eigenvalue weighted by atomic mass is 10.1. The van der Waals surface area contributed by atoms with E-state index in [0.29, 0.717) is 5.69 Å². The van der Waals surface area contributed by atoms with Crippen molar-refractivity contribution < 1.29 is 9.90 Å². The van der Waals surface area contributed by atoms with Crippen LogP contribution in [0.5, 0.6) is 0 Å². The maximum Gasteiger partial charge on any atom is 0.338 e. The van der Waals surface area contributed by atoms with Gasteiger partial charge >= 0.3 is 5.97 Å². The highest BCUT2D eigenvalue weighted by molar-refractivity contribution is 7.04. The molecule has 2 rings (SSSR count). The zero-order valence-corrected chi connectivity index (χ0v) is 7.86. The second-order valence-corrected chi connectivity index (χ2v) is 3.25. The van der Waals surface area contributed by atoms with Crippen molar-refractivity contribution in [2.45, 2.75) is 0 Å². The Labute approximate surface area is 84.0 Å². The van der Waals surface area contributed by atoms with Gasteiger partial charge < -0.3 is 5.11 Å². The predicted molar refractivity (Wildman–Crippen MR) is 52.3 cm³/mol. The first-order valence-electron chi connectivity index (χ1n) is 3.87. The van der Waals surface area contributed by atoms with E-state index >= 15 is 0 Å². The summed E-state index contributed by atoms with van der Waals surface area (Å²) in [5, 5.41) is 10.4. The smallest absolute Gasteiger partial charge is 0.338 e. The maximum absolute atomic E-state index is 10.8. The molecule has 0 saturated carbocycles. The Bertz CT molecular complexity index is 453. The first-order chi connectivity index (χ1) is 6.79. The lowest BCUT2D eigenvalue weighted by molar-refractivity contribution is 0.0698. The van der Waals surface area contributed by atoms with Crippen LogP contribution in [0.25, 0.3) is 11.3 Å². The molecule has 0 atom stereocenters. The van der Waals surface area contributed by atoms with Gasteiger partial charge in [0.25, 0.3) is 0 Å². The van der Waals surface area contributed by atoms with E-state index in [1.807, 2.05) is 0 Å². The molecule has 2 aromatic heterocycles. The lowest BCUT2D eigenvalue weighted by Crippen LogP contribution is -1.96. The van der Waals surface area contributed by atoms with Crippen molar-refractivity contribution in [3.8, 4) is 11.3 Å². The molecular formula is C9H6N2O2S. The Morgan fingerprint density at radius 1 is 1.36 bits per heavy atom. The molecule has 1 N–H and O–H groups in total. The number of aromatic carboxylic acids is 1. The van der Waals surface area contributed by atoms with Gasteiger partial charge in [0.1, 0.15) is 0 Å². The van der Waals surface area contributed by atoms with E-state index in [0.717, 1.165) is 17.1 Å². The topological polar surface area (TPSA) is 63.1 Å². The summed E-state index contributed by atoms with van der Waals surface area (Å²) in [6.45, 7) is 0. The molecule has 2 aromatic rings. The van der Waals surface area contributed by atoms with Gasteiger partial charge in [0.05, 0.1) is 11.3 Å². The highest BCUT2D eigenvalue weighted by Gasteiger charge is 2.13. The molecule has 0 aromatic carbocycles. The largest absolute Gasteiger partial charge is 0.478 e. The summed E-state index contributed by atoms with van der Waals surface area (Å²) < 4.78 is 4.04. The predicted octanol–water partition coefficient (Wildman–Crippen LogP) is 1.90. The number of carboxylic acids is 1. The van der Waals surface area contributed by atoms with Gasteiger partial charge in [0.15, 0.2) is 0 Å². The van der Waals surface area contributed by atoms with Gasteiger partial charge in [-0.1, -0.05) is 0 Å². The average Bonchev–Trinajstić information content (AvgIpc) is 2.67. The fraction of sp³-hybridized carbons (Fsp3) is 0. The van der Waals surface area contributed by atoms with E-state index < -0.39 is 5.97 Å². The summed E-state index contributed by atoms with van der Waals surface area (Å²) >= 11 is 1.14. The Kier molecular flexibility index (Phi) is 2.24. The van der Waals surface area contributed by atoms with E-state index in [1.165, 1.54) is 5.38 Å². The number of aromatic nitrogens is 2. The molecule has 0 saturated heterocycles. The average molecular weight is 206 g/mol. The minimum Gasteiger partial charge on any atom is -0.478 e. The normalized spacial score (nSPS) is 10.0. The Balaban J connectivity index is 2.52. The quantitative estimate of drug-likeness (QED) is 0.815. The molecule has 0 aliphatic rings. The van der Waals surface area contributed by atoms with Crippen LogP contribution in [-0.4, -0.2) is 20.4 Å². The molecule has 5 heteroatoms.